The Morgan fingerprint density at radius 2 is 2.20 bits per heavy atom. The van der Waals surface area contributed by atoms with E-state index in [1.165, 1.54) is 12.1 Å². The topological polar surface area (TPSA) is 63.3 Å². The molecule has 25 heavy (non-hydrogen) atoms. The number of halogens is 1. The molecule has 2 aromatic heterocycles. The van der Waals surface area contributed by atoms with Gasteiger partial charge in [0.1, 0.15) is 29.4 Å². The van der Waals surface area contributed by atoms with Gasteiger partial charge in [0.25, 0.3) is 0 Å². The number of rotatable bonds is 3. The van der Waals surface area contributed by atoms with Gasteiger partial charge in [-0.1, -0.05) is 0 Å². The van der Waals surface area contributed by atoms with Crippen molar-refractivity contribution in [2.24, 2.45) is 0 Å². The zero-order valence-corrected chi connectivity index (χ0v) is 14.1. The highest BCUT2D eigenvalue weighted by Crippen LogP contribution is 2.38. The Bertz CT molecular complexity index is 911. The van der Waals surface area contributed by atoms with Crippen LogP contribution in [0, 0.1) is 5.82 Å². The third-order valence-corrected chi connectivity index (χ3v) is 4.44. The number of aromatic amines is 1. The first-order chi connectivity index (χ1) is 12.2. The van der Waals surface area contributed by atoms with Crippen molar-refractivity contribution in [3.05, 3.63) is 36.5 Å². The molecule has 0 aliphatic carbocycles. The highest BCUT2D eigenvalue weighted by molar-refractivity contribution is 6.02. The molecule has 1 atom stereocenters. The number of ether oxygens (including phenoxy) is 2. The van der Waals surface area contributed by atoms with Gasteiger partial charge in [0, 0.05) is 30.4 Å². The number of nitrogens with one attached hydrogen (secondary N) is 1. The third-order valence-electron chi connectivity index (χ3n) is 4.44. The van der Waals surface area contributed by atoms with Crippen LogP contribution in [0.2, 0.25) is 0 Å². The lowest BCUT2D eigenvalue weighted by Crippen LogP contribution is -2.41. The van der Waals surface area contributed by atoms with E-state index < -0.39 is 0 Å². The molecule has 130 valence electrons. The molecule has 4 rings (SSSR count). The number of fused-ring (bicyclic) bond motifs is 1. The highest BCUT2D eigenvalue weighted by atomic mass is 19.1. The van der Waals surface area contributed by atoms with Gasteiger partial charge < -0.3 is 19.4 Å². The second-order valence-corrected chi connectivity index (χ2v) is 6.10. The molecule has 3 heterocycles. The summed E-state index contributed by atoms with van der Waals surface area (Å²) in [6.45, 7) is 4.19. The molecule has 1 fully saturated rings. The van der Waals surface area contributed by atoms with E-state index in [9.17, 15) is 4.39 Å². The van der Waals surface area contributed by atoms with Crippen LogP contribution in [0.1, 0.15) is 6.92 Å². The van der Waals surface area contributed by atoms with Gasteiger partial charge in [-0.3, -0.25) is 0 Å². The molecule has 0 unspecified atom stereocenters. The Balaban J connectivity index is 1.90. The van der Waals surface area contributed by atoms with Crippen LogP contribution >= 0.6 is 0 Å². The molecule has 1 N–H and O–H groups in total. The van der Waals surface area contributed by atoms with Crippen LogP contribution in [-0.4, -0.2) is 47.9 Å². The molecular weight excluding hydrogens is 323 g/mol. The van der Waals surface area contributed by atoms with Crippen molar-refractivity contribution >= 4 is 16.9 Å². The summed E-state index contributed by atoms with van der Waals surface area (Å²) < 4.78 is 24.9. The van der Waals surface area contributed by atoms with Crippen molar-refractivity contribution in [2.45, 2.75) is 13.0 Å². The Morgan fingerprint density at radius 3 is 3.00 bits per heavy atom. The van der Waals surface area contributed by atoms with Crippen molar-refractivity contribution in [1.82, 2.24) is 15.0 Å². The first-order valence-corrected chi connectivity index (χ1v) is 8.20. The zero-order chi connectivity index (χ0) is 17.4. The van der Waals surface area contributed by atoms with E-state index in [1.54, 1.807) is 19.5 Å². The number of methoxy groups -OCH3 is 1. The summed E-state index contributed by atoms with van der Waals surface area (Å²) in [4.78, 5) is 14.2. The second-order valence-electron chi connectivity index (χ2n) is 6.10. The standard InChI is InChI=1S/C18H19FN4O2/c1-11-9-23(5-6-25-11)18-16-14(8-20-17(16)21-10-22-18)13-7-12(19)3-4-15(13)24-2/h3-4,7-8,10-11H,5-6,9H2,1-2H3,(H,20,21,22)/t11-/m0/s1. The second kappa shape index (κ2) is 6.33. The van der Waals surface area contributed by atoms with Crippen LogP contribution < -0.4 is 9.64 Å². The van der Waals surface area contributed by atoms with Crippen molar-refractivity contribution in [3.8, 4) is 16.9 Å². The molecule has 7 heteroatoms. The van der Waals surface area contributed by atoms with Crippen LogP contribution in [0.5, 0.6) is 5.75 Å². The van der Waals surface area contributed by atoms with E-state index in [2.05, 4.69) is 19.9 Å². The van der Waals surface area contributed by atoms with E-state index in [4.69, 9.17) is 9.47 Å². The SMILES string of the molecule is COc1ccc(F)cc1-c1c[nH]c2ncnc(N3CCO[C@@H](C)C3)c12. The minimum absolute atomic E-state index is 0.130. The number of hydrogen-bond donors (Lipinski definition) is 1. The summed E-state index contributed by atoms with van der Waals surface area (Å²) in [6, 6.07) is 4.49. The number of morpholine rings is 1. The Hall–Kier alpha value is -2.67. The molecule has 0 radical (unpaired) electrons. The first-order valence-electron chi connectivity index (χ1n) is 8.20. The molecule has 0 bridgehead atoms. The molecule has 6 nitrogen and oxygen atoms in total. The van der Waals surface area contributed by atoms with Crippen LogP contribution in [0.25, 0.3) is 22.2 Å². The summed E-state index contributed by atoms with van der Waals surface area (Å²) in [6.07, 6.45) is 3.50. The molecule has 0 saturated carbocycles. The number of aromatic nitrogens is 3. The van der Waals surface area contributed by atoms with E-state index >= 15 is 0 Å². The number of hydrogen-bond acceptors (Lipinski definition) is 5. The van der Waals surface area contributed by atoms with Gasteiger partial charge in [0.15, 0.2) is 0 Å². The fourth-order valence-corrected chi connectivity index (χ4v) is 3.30. The van der Waals surface area contributed by atoms with Crippen molar-refractivity contribution in [3.63, 3.8) is 0 Å². The monoisotopic (exact) mass is 342 g/mol. The van der Waals surface area contributed by atoms with E-state index in [1.807, 2.05) is 13.1 Å². The molecular formula is C18H19FN4O2. The normalized spacial score (nSPS) is 17.9. The average molecular weight is 342 g/mol. The number of H-pyrrole nitrogens is 1. The summed E-state index contributed by atoms with van der Waals surface area (Å²) in [7, 11) is 1.58. The van der Waals surface area contributed by atoms with E-state index in [0.29, 0.717) is 23.6 Å². The smallest absolute Gasteiger partial charge is 0.143 e. The van der Waals surface area contributed by atoms with Gasteiger partial charge in [-0.05, 0) is 25.1 Å². The van der Waals surface area contributed by atoms with Gasteiger partial charge in [0.05, 0.1) is 25.2 Å². The largest absolute Gasteiger partial charge is 0.496 e. The van der Waals surface area contributed by atoms with Gasteiger partial charge >= 0.3 is 0 Å². The minimum Gasteiger partial charge on any atom is -0.496 e. The number of benzene rings is 1. The predicted octanol–water partition coefficient (Wildman–Crippen LogP) is 3.00. The maximum absolute atomic E-state index is 13.9. The predicted molar refractivity (Wildman–Crippen MR) is 93.5 cm³/mol. The number of anilines is 1. The van der Waals surface area contributed by atoms with Crippen LogP contribution in [-0.2, 0) is 4.74 Å². The fourth-order valence-electron chi connectivity index (χ4n) is 3.30. The third kappa shape index (κ3) is 2.80. The lowest BCUT2D eigenvalue weighted by Gasteiger charge is -2.32. The fraction of sp³-hybridized carbons (Fsp3) is 0.333. The lowest BCUT2D eigenvalue weighted by atomic mass is 10.0. The summed E-state index contributed by atoms with van der Waals surface area (Å²) in [5.41, 5.74) is 2.21. The molecule has 0 amide bonds. The van der Waals surface area contributed by atoms with Crippen molar-refractivity contribution < 1.29 is 13.9 Å². The first kappa shape index (κ1) is 15.8. The van der Waals surface area contributed by atoms with Crippen molar-refractivity contribution in [1.29, 1.82) is 0 Å². The van der Waals surface area contributed by atoms with Crippen LogP contribution in [0.3, 0.4) is 0 Å². The van der Waals surface area contributed by atoms with Crippen LogP contribution in [0.4, 0.5) is 10.2 Å². The van der Waals surface area contributed by atoms with E-state index in [-0.39, 0.29) is 11.9 Å². The molecule has 1 saturated heterocycles. The number of nitrogens with zero attached hydrogens (tertiary/aromatic N) is 3. The molecule has 1 aliphatic rings. The van der Waals surface area contributed by atoms with Gasteiger partial charge in [-0.25, -0.2) is 14.4 Å². The van der Waals surface area contributed by atoms with Gasteiger partial charge in [-0.2, -0.15) is 0 Å². The lowest BCUT2D eigenvalue weighted by molar-refractivity contribution is 0.0530. The minimum atomic E-state index is -0.316. The molecule has 1 aliphatic heterocycles. The Labute approximate surface area is 144 Å². The maximum Gasteiger partial charge on any atom is 0.143 e. The molecule has 3 aromatic rings. The van der Waals surface area contributed by atoms with Crippen molar-refractivity contribution in [2.75, 3.05) is 31.7 Å². The Kier molecular flexibility index (Phi) is 4.01. The van der Waals surface area contributed by atoms with E-state index in [0.717, 1.165) is 29.9 Å². The summed E-state index contributed by atoms with van der Waals surface area (Å²) >= 11 is 0. The highest BCUT2D eigenvalue weighted by Gasteiger charge is 2.23. The van der Waals surface area contributed by atoms with Gasteiger partial charge in [0.2, 0.25) is 0 Å². The Morgan fingerprint density at radius 1 is 1.32 bits per heavy atom. The maximum atomic E-state index is 13.9. The summed E-state index contributed by atoms with van der Waals surface area (Å²) in [5, 5.41) is 0.862. The van der Waals surface area contributed by atoms with Gasteiger partial charge in [-0.15, -0.1) is 0 Å². The average Bonchev–Trinajstić information content (AvgIpc) is 3.05. The summed E-state index contributed by atoms with van der Waals surface area (Å²) in [5.74, 6) is 1.11. The molecule has 1 aromatic carbocycles. The quantitative estimate of drug-likeness (QED) is 0.793. The molecule has 0 spiro atoms. The van der Waals surface area contributed by atoms with Crippen LogP contribution in [0.15, 0.2) is 30.7 Å². The zero-order valence-electron chi connectivity index (χ0n) is 14.1.